The van der Waals surface area contributed by atoms with Crippen molar-refractivity contribution in [2.45, 2.75) is 0 Å². The van der Waals surface area contributed by atoms with Gasteiger partial charge in [0.15, 0.2) is 0 Å². The molecule has 1 atom stereocenters. The molecule has 3 rings (SSSR count). The predicted molar refractivity (Wildman–Crippen MR) is 78.9 cm³/mol. The van der Waals surface area contributed by atoms with E-state index in [1.807, 2.05) is 0 Å². The van der Waals surface area contributed by atoms with Gasteiger partial charge in [-0.3, -0.25) is 0 Å². The fraction of sp³-hybridized carbons (Fsp3) is 0.0625. The number of halogens is 3. The fourth-order valence-corrected chi connectivity index (χ4v) is 6.31. The molecule has 108 valence electrons. The topological polar surface area (TPSA) is 0 Å². The van der Waals surface area contributed by atoms with Crippen LogP contribution in [0, 0.1) is 0 Å². The summed E-state index contributed by atoms with van der Waals surface area (Å²) in [5.74, 6) is 2.54. The van der Waals surface area contributed by atoms with Gasteiger partial charge >= 0.3 is 124 Å². The summed E-state index contributed by atoms with van der Waals surface area (Å²) < 4.78 is 0. The zero-order valence-corrected chi connectivity index (χ0v) is 16.9. The third-order valence-electron chi connectivity index (χ3n) is 3.22. The van der Waals surface area contributed by atoms with E-state index in [4.69, 9.17) is 0 Å². The molecule has 1 aliphatic heterocycles. The van der Waals surface area contributed by atoms with Gasteiger partial charge in [0, 0.05) is 0 Å². The van der Waals surface area contributed by atoms with Crippen molar-refractivity contribution >= 4 is 21.8 Å². The molecule has 0 fully saturated rings. The molecule has 0 bridgehead atoms. The molecular weight excluding hydrogens is 421 g/mol. The van der Waals surface area contributed by atoms with Crippen LogP contribution < -0.4 is 37.2 Å². The normalized spacial score (nSPS) is 16.2. The Kier molecular flexibility index (Phi) is 10.2. The van der Waals surface area contributed by atoms with Crippen molar-refractivity contribution in [1.82, 2.24) is 0 Å². The SMILES string of the molecule is [Cl-].[Cl-].[Cl-].[Zr+3][PH]1=CC(c2ccccc2)=C(c2ccccc2)C1. The molecule has 0 saturated heterocycles. The first-order valence-corrected chi connectivity index (χ1v) is 11.6. The van der Waals surface area contributed by atoms with E-state index in [-0.39, 0.29) is 42.1 Å². The van der Waals surface area contributed by atoms with Crippen molar-refractivity contribution in [3.05, 3.63) is 71.8 Å². The van der Waals surface area contributed by atoms with Gasteiger partial charge in [0.25, 0.3) is 0 Å². The Bertz CT molecular complexity index is 624. The number of benzene rings is 2. The Labute approximate surface area is 160 Å². The molecule has 1 aliphatic rings. The molecule has 5 heteroatoms. The molecule has 0 spiro atoms. The molecule has 0 radical (unpaired) electrons. The third kappa shape index (κ3) is 5.12. The summed E-state index contributed by atoms with van der Waals surface area (Å²) in [7, 11) is 0. The molecule has 1 unspecified atom stereocenters. The second-order valence-corrected chi connectivity index (χ2v) is 10.9. The van der Waals surface area contributed by atoms with Gasteiger partial charge in [-0.05, 0) is 0 Å². The van der Waals surface area contributed by atoms with Crippen LogP contribution in [0.3, 0.4) is 0 Å². The Morgan fingerprint density at radius 2 is 1.19 bits per heavy atom. The maximum absolute atomic E-state index is 2.54. The van der Waals surface area contributed by atoms with Crippen LogP contribution in [0.2, 0.25) is 0 Å². The summed E-state index contributed by atoms with van der Waals surface area (Å²) in [6.07, 6.45) is 1.29. The summed E-state index contributed by atoms with van der Waals surface area (Å²) in [6, 6.07) is 21.7. The van der Waals surface area contributed by atoms with Gasteiger partial charge in [-0.1, -0.05) is 0 Å². The van der Waals surface area contributed by atoms with Gasteiger partial charge in [0.05, 0.1) is 0 Å². The van der Waals surface area contributed by atoms with Crippen LogP contribution in [0.5, 0.6) is 0 Å². The molecule has 0 N–H and O–H groups in total. The van der Waals surface area contributed by atoms with Crippen LogP contribution in [0.4, 0.5) is 0 Å². The fourth-order valence-electron chi connectivity index (χ4n) is 2.37. The number of hydrogen-bond acceptors (Lipinski definition) is 0. The van der Waals surface area contributed by atoms with Crippen LogP contribution in [-0.2, 0) is 24.1 Å². The van der Waals surface area contributed by atoms with E-state index in [1.165, 1.54) is 22.9 Å². The first kappa shape index (κ1) is 21.2. The minimum absolute atomic E-state index is 0. The third-order valence-corrected chi connectivity index (χ3v) is 6.96. The molecule has 1 heterocycles. The standard InChI is InChI=1S/C16H13P.3ClH.Zr/c1-3-7-13(8-4-1)15-11-17-12-16(15)14-9-5-2-6-10-14;;;;/h1-11H,12H2;3*1H;/q;;;;+2/p-2. The molecular formula is C16H14Cl3PZr. The Balaban J connectivity index is 0.00000133. The molecule has 0 saturated carbocycles. The predicted octanol–water partition coefficient (Wildman–Crippen LogP) is -4.90. The van der Waals surface area contributed by atoms with E-state index in [9.17, 15) is 0 Å². The van der Waals surface area contributed by atoms with Gasteiger partial charge in [-0.2, -0.15) is 0 Å². The molecule has 21 heavy (non-hydrogen) atoms. The van der Waals surface area contributed by atoms with Crippen LogP contribution in [-0.4, -0.2) is 12.0 Å². The van der Waals surface area contributed by atoms with Crippen molar-refractivity contribution in [3.8, 4) is 0 Å². The van der Waals surface area contributed by atoms with Gasteiger partial charge in [0.1, 0.15) is 0 Å². The summed E-state index contributed by atoms with van der Waals surface area (Å²) in [5, 5.41) is 0. The number of allylic oxidation sites excluding steroid dienone is 2. The van der Waals surface area contributed by atoms with Gasteiger partial charge in [-0.25, -0.2) is 0 Å². The van der Waals surface area contributed by atoms with E-state index >= 15 is 0 Å². The summed E-state index contributed by atoms with van der Waals surface area (Å²) in [6.45, 7) is 0. The van der Waals surface area contributed by atoms with Crippen molar-refractivity contribution in [1.29, 1.82) is 0 Å². The first-order chi connectivity index (χ1) is 8.84. The van der Waals surface area contributed by atoms with Crippen molar-refractivity contribution in [3.63, 3.8) is 0 Å². The quantitative estimate of drug-likeness (QED) is 0.416. The van der Waals surface area contributed by atoms with E-state index < -0.39 is 0 Å². The molecule has 0 aromatic heterocycles. The molecule has 2 aromatic carbocycles. The zero-order chi connectivity index (χ0) is 12.4. The average Bonchev–Trinajstić information content (AvgIpc) is 2.83. The molecule has 2 aromatic rings. The summed E-state index contributed by atoms with van der Waals surface area (Å²) >= 11 is 1.71. The van der Waals surface area contributed by atoms with Crippen LogP contribution >= 0.6 is 4.84 Å². The molecule has 0 nitrogen and oxygen atoms in total. The Morgan fingerprint density at radius 3 is 1.71 bits per heavy atom. The van der Waals surface area contributed by atoms with E-state index in [1.54, 1.807) is 29.7 Å². The van der Waals surface area contributed by atoms with Crippen molar-refractivity contribution in [2.24, 2.45) is 0 Å². The first-order valence-electron chi connectivity index (χ1n) is 6.11. The summed E-state index contributed by atoms with van der Waals surface area (Å²) in [5.41, 5.74) is 5.80. The van der Waals surface area contributed by atoms with Gasteiger partial charge in [-0.15, -0.1) is 0 Å². The monoisotopic (exact) mass is 432 g/mol. The second kappa shape index (κ2) is 10.1. The van der Waals surface area contributed by atoms with Gasteiger partial charge in [0.2, 0.25) is 0 Å². The number of rotatable bonds is 2. The average molecular weight is 435 g/mol. The van der Waals surface area contributed by atoms with Crippen molar-refractivity contribution in [2.75, 3.05) is 6.16 Å². The van der Waals surface area contributed by atoms with Crippen LogP contribution in [0.1, 0.15) is 11.1 Å². The van der Waals surface area contributed by atoms with E-state index in [2.05, 4.69) is 66.5 Å². The van der Waals surface area contributed by atoms with Crippen LogP contribution in [0.25, 0.3) is 11.1 Å². The molecule has 0 amide bonds. The number of hydrogen-bond donors (Lipinski definition) is 0. The van der Waals surface area contributed by atoms with E-state index in [0.29, 0.717) is 0 Å². The van der Waals surface area contributed by atoms with Gasteiger partial charge < -0.3 is 37.2 Å². The zero-order valence-electron chi connectivity index (χ0n) is 11.2. The molecule has 0 aliphatic carbocycles. The Morgan fingerprint density at radius 1 is 0.714 bits per heavy atom. The van der Waals surface area contributed by atoms with E-state index in [0.717, 1.165) is 0 Å². The maximum atomic E-state index is 2.54. The van der Waals surface area contributed by atoms with Crippen molar-refractivity contribution < 1.29 is 61.4 Å². The summed E-state index contributed by atoms with van der Waals surface area (Å²) in [4.78, 5) is -0.257. The Hall–Kier alpha value is 0.233. The van der Waals surface area contributed by atoms with Crippen LogP contribution in [0.15, 0.2) is 60.7 Å². The minimum atomic E-state index is -0.257. The second-order valence-electron chi connectivity index (χ2n) is 4.47.